The molecule has 0 heteroatoms. The van der Waals surface area contributed by atoms with E-state index in [4.69, 9.17) is 0 Å². The number of hydrogen-bond acceptors (Lipinski definition) is 0. The van der Waals surface area contributed by atoms with Gasteiger partial charge in [-0.15, -0.1) is 0 Å². The van der Waals surface area contributed by atoms with Crippen molar-refractivity contribution < 1.29 is 0 Å². The molecule has 0 fully saturated rings. The van der Waals surface area contributed by atoms with E-state index in [1.807, 2.05) is 13.8 Å². The fraction of sp³-hybridized carbons (Fsp3) is 0.314. The van der Waals surface area contributed by atoms with Crippen LogP contribution in [0.4, 0.5) is 0 Å². The summed E-state index contributed by atoms with van der Waals surface area (Å²) in [5.41, 5.74) is 8.51. The summed E-state index contributed by atoms with van der Waals surface area (Å²) in [6, 6.07) is 15.2. The smallest absolute Gasteiger partial charge is 0.0420 e. The molecule has 0 aliphatic heterocycles. The minimum absolute atomic E-state index is 0.268. The maximum atomic E-state index is 4.34. The molecule has 0 saturated carbocycles. The standard InChI is InChI=1S/C33H36.C2H6/c1-6-7-29(18-19-30-13-8-25(2)9-14-30)17-12-27(4)33-23-22-32(24-28(33)5)21-20-31-15-10-26(3)11-16-31;1-2/h8-13,15-17,20-24,29-30H,4,6-7,14H2,1-3,5H3;1-2H3/b17-12-,21-20?;. The van der Waals surface area contributed by atoms with Crippen LogP contribution >= 0.6 is 0 Å². The Labute approximate surface area is 214 Å². The van der Waals surface area contributed by atoms with E-state index in [1.165, 1.54) is 33.4 Å². The molecule has 35 heavy (non-hydrogen) atoms. The van der Waals surface area contributed by atoms with Crippen molar-refractivity contribution in [2.45, 2.75) is 60.8 Å². The van der Waals surface area contributed by atoms with Gasteiger partial charge < -0.3 is 0 Å². The maximum Gasteiger partial charge on any atom is 0.0420 e. The van der Waals surface area contributed by atoms with Crippen LogP contribution in [0.15, 0.2) is 85.0 Å². The Hall–Kier alpha value is -3.30. The van der Waals surface area contributed by atoms with Gasteiger partial charge >= 0.3 is 0 Å². The molecule has 1 aliphatic carbocycles. The Kier molecular flexibility index (Phi) is 11.9. The van der Waals surface area contributed by atoms with Crippen molar-refractivity contribution >= 4 is 17.7 Å². The van der Waals surface area contributed by atoms with Crippen molar-refractivity contribution in [1.29, 1.82) is 0 Å². The van der Waals surface area contributed by atoms with Crippen molar-refractivity contribution in [2.75, 3.05) is 0 Å². The van der Waals surface area contributed by atoms with Crippen LogP contribution in [-0.4, -0.2) is 0 Å². The molecule has 0 radical (unpaired) electrons. The third kappa shape index (κ3) is 9.46. The Balaban J connectivity index is 0.00000210. The van der Waals surface area contributed by atoms with Crippen molar-refractivity contribution in [2.24, 2.45) is 11.8 Å². The van der Waals surface area contributed by atoms with Gasteiger partial charge in [-0.3, -0.25) is 0 Å². The highest BCUT2D eigenvalue weighted by molar-refractivity contribution is 5.77. The molecule has 182 valence electrons. The molecule has 2 aromatic carbocycles. The van der Waals surface area contributed by atoms with Gasteiger partial charge in [-0.2, -0.15) is 0 Å². The summed E-state index contributed by atoms with van der Waals surface area (Å²) in [5.74, 6) is 7.58. The Morgan fingerprint density at radius 1 is 1.03 bits per heavy atom. The molecular weight excluding hydrogens is 420 g/mol. The lowest BCUT2D eigenvalue weighted by Crippen LogP contribution is -1.98. The van der Waals surface area contributed by atoms with Gasteiger partial charge in [0.2, 0.25) is 0 Å². The van der Waals surface area contributed by atoms with E-state index in [1.54, 1.807) is 0 Å². The molecule has 0 heterocycles. The van der Waals surface area contributed by atoms with Gasteiger partial charge in [0.15, 0.2) is 0 Å². The average Bonchev–Trinajstić information content (AvgIpc) is 2.87. The summed E-state index contributed by atoms with van der Waals surface area (Å²) in [5, 5.41) is 0. The van der Waals surface area contributed by atoms with E-state index in [2.05, 4.69) is 131 Å². The molecule has 0 saturated heterocycles. The van der Waals surface area contributed by atoms with Crippen molar-refractivity contribution in [3.63, 3.8) is 0 Å². The van der Waals surface area contributed by atoms with Gasteiger partial charge in [-0.25, -0.2) is 0 Å². The maximum absolute atomic E-state index is 4.34. The number of allylic oxidation sites excluding steroid dienone is 7. The summed E-state index contributed by atoms with van der Waals surface area (Å²) < 4.78 is 0. The molecule has 2 aromatic rings. The lowest BCUT2D eigenvalue weighted by Gasteiger charge is -2.10. The van der Waals surface area contributed by atoms with Crippen LogP contribution in [0.2, 0.25) is 0 Å². The first-order valence-electron chi connectivity index (χ1n) is 13.0. The summed E-state index contributed by atoms with van der Waals surface area (Å²) in [6.07, 6.45) is 18.6. The normalized spacial score (nSPS) is 15.7. The highest BCUT2D eigenvalue weighted by atomic mass is 14.1. The van der Waals surface area contributed by atoms with E-state index in [0.29, 0.717) is 5.92 Å². The predicted molar refractivity (Wildman–Crippen MR) is 158 cm³/mol. The molecule has 2 atom stereocenters. The van der Waals surface area contributed by atoms with Gasteiger partial charge in [-0.1, -0.05) is 142 Å². The van der Waals surface area contributed by atoms with Crippen molar-refractivity contribution in [1.82, 2.24) is 0 Å². The van der Waals surface area contributed by atoms with E-state index < -0.39 is 0 Å². The largest absolute Gasteiger partial charge is 0.0951 e. The number of aryl methyl sites for hydroxylation is 2. The minimum Gasteiger partial charge on any atom is -0.0951 e. The summed E-state index contributed by atoms with van der Waals surface area (Å²) in [7, 11) is 0. The third-order valence-electron chi connectivity index (χ3n) is 6.01. The Morgan fingerprint density at radius 3 is 2.34 bits per heavy atom. The fourth-order valence-corrected chi connectivity index (χ4v) is 3.92. The second-order valence-corrected chi connectivity index (χ2v) is 9.04. The zero-order chi connectivity index (χ0) is 25.6. The molecule has 3 rings (SSSR count). The molecule has 2 unspecified atom stereocenters. The van der Waals surface area contributed by atoms with Crippen LogP contribution in [0.25, 0.3) is 17.7 Å². The number of rotatable bonds is 7. The first-order chi connectivity index (χ1) is 16.9. The topological polar surface area (TPSA) is 0 Å². The van der Waals surface area contributed by atoms with Crippen LogP contribution < -0.4 is 0 Å². The molecule has 0 aromatic heterocycles. The monoisotopic (exact) mass is 462 g/mol. The van der Waals surface area contributed by atoms with Gasteiger partial charge in [0.25, 0.3) is 0 Å². The lowest BCUT2D eigenvalue weighted by atomic mass is 9.94. The summed E-state index contributed by atoms with van der Waals surface area (Å²) >= 11 is 0. The zero-order valence-electron chi connectivity index (χ0n) is 22.6. The molecule has 0 amide bonds. The highest BCUT2D eigenvalue weighted by Crippen LogP contribution is 2.23. The average molecular weight is 463 g/mol. The molecular formula is C35H42. The second kappa shape index (κ2) is 14.9. The predicted octanol–water partition coefficient (Wildman–Crippen LogP) is 10.0. The zero-order valence-corrected chi connectivity index (χ0v) is 22.6. The first-order valence-corrected chi connectivity index (χ1v) is 13.0. The summed E-state index contributed by atoms with van der Waals surface area (Å²) in [4.78, 5) is 0. The van der Waals surface area contributed by atoms with E-state index in [-0.39, 0.29) is 5.92 Å². The minimum atomic E-state index is 0.268. The molecule has 1 aliphatic rings. The second-order valence-electron chi connectivity index (χ2n) is 9.04. The highest BCUT2D eigenvalue weighted by Gasteiger charge is 2.06. The van der Waals surface area contributed by atoms with E-state index in [0.717, 1.165) is 24.8 Å². The van der Waals surface area contributed by atoms with Crippen LogP contribution in [0.1, 0.15) is 74.8 Å². The SMILES string of the molecule is C=C(/C=C\C(C#CC1C=CC(C)=CC1)CCC)c1ccc(C=Cc2ccc(C)cc2)cc1C.CC. The quantitative estimate of drug-likeness (QED) is 0.218. The molecule has 0 spiro atoms. The van der Waals surface area contributed by atoms with Gasteiger partial charge in [0.1, 0.15) is 0 Å². The van der Waals surface area contributed by atoms with Crippen LogP contribution in [0.3, 0.4) is 0 Å². The first kappa shape index (κ1) is 27.9. The molecule has 0 bridgehead atoms. The van der Waals surface area contributed by atoms with E-state index >= 15 is 0 Å². The number of benzene rings is 2. The lowest BCUT2D eigenvalue weighted by molar-refractivity contribution is 0.706. The summed E-state index contributed by atoms with van der Waals surface area (Å²) in [6.45, 7) is 17.0. The van der Waals surface area contributed by atoms with Crippen LogP contribution in [-0.2, 0) is 0 Å². The number of hydrogen-bond donors (Lipinski definition) is 0. The molecule has 0 N–H and O–H groups in total. The van der Waals surface area contributed by atoms with Gasteiger partial charge in [0.05, 0.1) is 0 Å². The van der Waals surface area contributed by atoms with Crippen LogP contribution in [0, 0.1) is 37.5 Å². The van der Waals surface area contributed by atoms with Crippen LogP contribution in [0.5, 0.6) is 0 Å². The van der Waals surface area contributed by atoms with Gasteiger partial charge in [0, 0.05) is 11.8 Å². The van der Waals surface area contributed by atoms with E-state index in [9.17, 15) is 0 Å². The van der Waals surface area contributed by atoms with Crippen molar-refractivity contribution in [3.8, 4) is 11.8 Å². The Bertz CT molecular complexity index is 1140. The fourth-order valence-electron chi connectivity index (χ4n) is 3.92. The molecule has 0 nitrogen and oxygen atoms in total. The van der Waals surface area contributed by atoms with Crippen molar-refractivity contribution in [3.05, 3.63) is 113 Å². The Morgan fingerprint density at radius 2 is 1.71 bits per heavy atom. The van der Waals surface area contributed by atoms with Gasteiger partial charge in [-0.05, 0) is 61.4 Å². The third-order valence-corrected chi connectivity index (χ3v) is 6.01.